The van der Waals surface area contributed by atoms with E-state index in [2.05, 4.69) is 17.2 Å². The second kappa shape index (κ2) is 6.90. The first kappa shape index (κ1) is 11.6. The first-order valence-corrected chi connectivity index (χ1v) is 6.17. The number of rotatable bonds is 5. The third-order valence-corrected chi connectivity index (χ3v) is 3.26. The molecule has 0 aliphatic carbocycles. The highest BCUT2D eigenvalue weighted by molar-refractivity contribution is 7.99. The fraction of sp³-hybridized carbons (Fsp3) is 0.700. The Morgan fingerprint density at radius 1 is 1.50 bits per heavy atom. The Morgan fingerprint density at radius 2 is 2.21 bits per heavy atom. The number of thioether (sulfide) groups is 1. The fourth-order valence-electron chi connectivity index (χ4n) is 1.39. The van der Waals surface area contributed by atoms with Crippen LogP contribution < -0.4 is 10.6 Å². The molecule has 0 aromatic carbocycles. The summed E-state index contributed by atoms with van der Waals surface area (Å²) < 4.78 is 0. The largest absolute Gasteiger partial charge is 0.352 e. The predicted octanol–water partition coefficient (Wildman–Crippen LogP) is 0.774. The van der Waals surface area contributed by atoms with Gasteiger partial charge in [-0.25, -0.2) is 0 Å². The number of carbonyl (C=O) groups is 1. The van der Waals surface area contributed by atoms with Crippen LogP contribution in [0.15, 0.2) is 12.7 Å². The van der Waals surface area contributed by atoms with Crippen molar-refractivity contribution >= 4 is 17.7 Å². The molecule has 14 heavy (non-hydrogen) atoms. The Morgan fingerprint density at radius 3 is 2.86 bits per heavy atom. The molecule has 1 saturated heterocycles. The average Bonchev–Trinajstić information content (AvgIpc) is 2.25. The molecule has 0 saturated carbocycles. The van der Waals surface area contributed by atoms with Crippen LogP contribution in [0.5, 0.6) is 0 Å². The van der Waals surface area contributed by atoms with Crippen molar-refractivity contribution in [3.63, 3.8) is 0 Å². The molecule has 1 rings (SSSR count). The number of carbonyl (C=O) groups excluding carboxylic acids is 1. The lowest BCUT2D eigenvalue weighted by atomic mass is 10.1. The molecular formula is C10H18N2OS. The van der Waals surface area contributed by atoms with Crippen LogP contribution in [0.1, 0.15) is 12.8 Å². The lowest BCUT2D eigenvalue weighted by Crippen LogP contribution is -2.40. The first-order chi connectivity index (χ1) is 6.83. The zero-order chi connectivity index (χ0) is 10.2. The summed E-state index contributed by atoms with van der Waals surface area (Å²) in [7, 11) is 0. The highest BCUT2D eigenvalue weighted by Gasteiger charge is 2.13. The van der Waals surface area contributed by atoms with Crippen LogP contribution in [0.3, 0.4) is 0 Å². The Bertz CT molecular complexity index is 191. The van der Waals surface area contributed by atoms with Crippen LogP contribution in [0.25, 0.3) is 0 Å². The highest BCUT2D eigenvalue weighted by atomic mass is 32.2. The summed E-state index contributed by atoms with van der Waals surface area (Å²) in [6.45, 7) is 4.54. The Labute approximate surface area is 89.7 Å². The molecule has 0 aromatic heterocycles. The van der Waals surface area contributed by atoms with E-state index in [0.29, 0.717) is 19.1 Å². The van der Waals surface area contributed by atoms with Gasteiger partial charge in [-0.05, 0) is 24.3 Å². The molecular weight excluding hydrogens is 196 g/mol. The summed E-state index contributed by atoms with van der Waals surface area (Å²) in [4.78, 5) is 11.2. The van der Waals surface area contributed by atoms with Crippen molar-refractivity contribution < 1.29 is 4.79 Å². The second-order valence-electron chi connectivity index (χ2n) is 3.36. The van der Waals surface area contributed by atoms with E-state index in [1.165, 1.54) is 24.3 Å². The lowest BCUT2D eigenvalue weighted by Gasteiger charge is -2.22. The van der Waals surface area contributed by atoms with Gasteiger partial charge in [0.2, 0.25) is 5.91 Å². The van der Waals surface area contributed by atoms with Crippen molar-refractivity contribution in [1.82, 2.24) is 10.6 Å². The monoisotopic (exact) mass is 214 g/mol. The molecule has 0 radical (unpaired) electrons. The standard InChI is InChI=1S/C10H18N2OS/c1-2-5-11-10(13)8-12-9-3-6-14-7-4-9/h2,9,12H,1,3-8H2,(H,11,13). The zero-order valence-corrected chi connectivity index (χ0v) is 9.24. The molecule has 1 aliphatic rings. The van der Waals surface area contributed by atoms with E-state index in [0.717, 1.165) is 0 Å². The van der Waals surface area contributed by atoms with Crippen LogP contribution >= 0.6 is 11.8 Å². The van der Waals surface area contributed by atoms with Gasteiger partial charge in [-0.1, -0.05) is 6.08 Å². The van der Waals surface area contributed by atoms with E-state index < -0.39 is 0 Å². The maximum absolute atomic E-state index is 11.2. The lowest BCUT2D eigenvalue weighted by molar-refractivity contribution is -0.120. The molecule has 1 heterocycles. The van der Waals surface area contributed by atoms with Crippen LogP contribution in [-0.4, -0.2) is 36.5 Å². The molecule has 1 fully saturated rings. The van der Waals surface area contributed by atoms with Crippen LogP contribution in [-0.2, 0) is 4.79 Å². The Balaban J connectivity index is 2.06. The molecule has 3 nitrogen and oxygen atoms in total. The minimum absolute atomic E-state index is 0.0585. The van der Waals surface area contributed by atoms with Crippen molar-refractivity contribution in [3.8, 4) is 0 Å². The normalized spacial score (nSPS) is 17.7. The number of hydrogen-bond acceptors (Lipinski definition) is 3. The smallest absolute Gasteiger partial charge is 0.234 e. The molecule has 1 amide bonds. The van der Waals surface area contributed by atoms with Crippen molar-refractivity contribution in [2.45, 2.75) is 18.9 Å². The van der Waals surface area contributed by atoms with Gasteiger partial charge in [0, 0.05) is 12.6 Å². The Kier molecular flexibility index (Phi) is 5.71. The molecule has 2 N–H and O–H groups in total. The summed E-state index contributed by atoms with van der Waals surface area (Å²) in [5.41, 5.74) is 0. The fourth-order valence-corrected chi connectivity index (χ4v) is 2.49. The van der Waals surface area contributed by atoms with E-state index in [1.807, 2.05) is 11.8 Å². The number of amides is 1. The van der Waals surface area contributed by atoms with Gasteiger partial charge in [0.05, 0.1) is 6.54 Å². The SMILES string of the molecule is C=CCNC(=O)CNC1CCSCC1. The van der Waals surface area contributed by atoms with Crippen molar-refractivity contribution in [3.05, 3.63) is 12.7 Å². The van der Waals surface area contributed by atoms with E-state index >= 15 is 0 Å². The van der Waals surface area contributed by atoms with Gasteiger partial charge in [-0.3, -0.25) is 4.79 Å². The second-order valence-corrected chi connectivity index (χ2v) is 4.59. The third kappa shape index (κ3) is 4.67. The summed E-state index contributed by atoms with van der Waals surface area (Å²) in [5, 5.41) is 6.02. The van der Waals surface area contributed by atoms with Gasteiger partial charge in [-0.2, -0.15) is 11.8 Å². The third-order valence-electron chi connectivity index (χ3n) is 2.22. The van der Waals surface area contributed by atoms with Gasteiger partial charge < -0.3 is 10.6 Å². The van der Waals surface area contributed by atoms with Gasteiger partial charge in [0.1, 0.15) is 0 Å². The average molecular weight is 214 g/mol. The van der Waals surface area contributed by atoms with E-state index in [1.54, 1.807) is 6.08 Å². The summed E-state index contributed by atoms with van der Waals surface area (Å²) in [5.74, 6) is 2.49. The maximum Gasteiger partial charge on any atom is 0.234 e. The molecule has 0 unspecified atom stereocenters. The molecule has 0 bridgehead atoms. The quantitative estimate of drug-likeness (QED) is 0.664. The zero-order valence-electron chi connectivity index (χ0n) is 8.42. The van der Waals surface area contributed by atoms with Crippen molar-refractivity contribution in [2.24, 2.45) is 0 Å². The van der Waals surface area contributed by atoms with Gasteiger partial charge in [0.25, 0.3) is 0 Å². The topological polar surface area (TPSA) is 41.1 Å². The van der Waals surface area contributed by atoms with Gasteiger partial charge in [0.15, 0.2) is 0 Å². The molecule has 4 heteroatoms. The highest BCUT2D eigenvalue weighted by Crippen LogP contribution is 2.16. The van der Waals surface area contributed by atoms with Crippen LogP contribution in [0.2, 0.25) is 0 Å². The van der Waals surface area contributed by atoms with Crippen molar-refractivity contribution in [2.75, 3.05) is 24.6 Å². The van der Waals surface area contributed by atoms with Crippen molar-refractivity contribution in [1.29, 1.82) is 0 Å². The van der Waals surface area contributed by atoms with Crippen LogP contribution in [0, 0.1) is 0 Å². The van der Waals surface area contributed by atoms with Gasteiger partial charge in [-0.15, -0.1) is 6.58 Å². The summed E-state index contributed by atoms with van der Waals surface area (Å²) in [6, 6.07) is 0.533. The minimum Gasteiger partial charge on any atom is -0.352 e. The summed E-state index contributed by atoms with van der Waals surface area (Å²) in [6.07, 6.45) is 4.05. The summed E-state index contributed by atoms with van der Waals surface area (Å²) >= 11 is 1.99. The number of hydrogen-bond donors (Lipinski definition) is 2. The predicted molar refractivity (Wildman–Crippen MR) is 61.6 cm³/mol. The van der Waals surface area contributed by atoms with Gasteiger partial charge >= 0.3 is 0 Å². The van der Waals surface area contributed by atoms with E-state index in [-0.39, 0.29) is 5.91 Å². The van der Waals surface area contributed by atoms with E-state index in [9.17, 15) is 4.79 Å². The number of nitrogens with one attached hydrogen (secondary N) is 2. The van der Waals surface area contributed by atoms with E-state index in [4.69, 9.17) is 0 Å². The Hall–Kier alpha value is -0.480. The molecule has 0 aromatic rings. The molecule has 0 spiro atoms. The van der Waals surface area contributed by atoms with Crippen LogP contribution in [0.4, 0.5) is 0 Å². The maximum atomic E-state index is 11.2. The molecule has 80 valence electrons. The molecule has 1 aliphatic heterocycles. The minimum atomic E-state index is 0.0585. The molecule has 0 atom stereocenters. The first-order valence-electron chi connectivity index (χ1n) is 5.01.